The van der Waals surface area contributed by atoms with E-state index in [1.807, 2.05) is 38.1 Å². The Kier molecular flexibility index (Phi) is 6.83. The highest BCUT2D eigenvalue weighted by Gasteiger charge is 2.16. The molecule has 5 heteroatoms. The van der Waals surface area contributed by atoms with E-state index in [2.05, 4.69) is 36.0 Å². The van der Waals surface area contributed by atoms with Crippen molar-refractivity contribution in [2.45, 2.75) is 54.0 Å². The molecule has 2 N–H and O–H groups in total. The van der Waals surface area contributed by atoms with Crippen molar-refractivity contribution in [2.75, 3.05) is 11.9 Å². The number of hydrogen-bond acceptors (Lipinski definition) is 2. The molecule has 0 saturated carbocycles. The second-order valence-corrected chi connectivity index (χ2v) is 7.70. The van der Waals surface area contributed by atoms with Crippen LogP contribution in [0.15, 0.2) is 24.3 Å². The van der Waals surface area contributed by atoms with Gasteiger partial charge in [-0.15, -0.1) is 0 Å². The number of rotatable bonds is 8. The third kappa shape index (κ3) is 5.10. The van der Waals surface area contributed by atoms with Crippen molar-refractivity contribution in [1.82, 2.24) is 9.88 Å². The van der Waals surface area contributed by atoms with Crippen molar-refractivity contribution < 1.29 is 9.59 Å². The number of nitrogens with zero attached hydrogens (tertiary/aromatic N) is 1. The van der Waals surface area contributed by atoms with Gasteiger partial charge in [0, 0.05) is 36.1 Å². The van der Waals surface area contributed by atoms with Gasteiger partial charge in [-0.25, -0.2) is 0 Å². The molecule has 1 aromatic carbocycles. The maximum absolute atomic E-state index is 12.6. The van der Waals surface area contributed by atoms with E-state index in [0.717, 1.165) is 29.6 Å². The minimum atomic E-state index is -0.0475. The van der Waals surface area contributed by atoms with Gasteiger partial charge in [0.15, 0.2) is 0 Å². The Balaban J connectivity index is 2.30. The lowest BCUT2D eigenvalue weighted by molar-refractivity contribution is -0.116. The summed E-state index contributed by atoms with van der Waals surface area (Å²) >= 11 is 0. The predicted molar refractivity (Wildman–Crippen MR) is 107 cm³/mol. The van der Waals surface area contributed by atoms with Gasteiger partial charge >= 0.3 is 0 Å². The van der Waals surface area contributed by atoms with Gasteiger partial charge in [0.2, 0.25) is 5.91 Å². The van der Waals surface area contributed by atoms with Gasteiger partial charge < -0.3 is 15.2 Å². The van der Waals surface area contributed by atoms with Crippen LogP contribution in [0.25, 0.3) is 10.9 Å². The van der Waals surface area contributed by atoms with Crippen LogP contribution < -0.4 is 10.6 Å². The third-order valence-corrected chi connectivity index (χ3v) is 4.13. The van der Waals surface area contributed by atoms with E-state index in [1.165, 1.54) is 0 Å². The lowest BCUT2D eigenvalue weighted by atomic mass is 10.1. The second kappa shape index (κ2) is 8.88. The highest BCUT2D eigenvalue weighted by Crippen LogP contribution is 2.24. The molecule has 0 unspecified atom stereocenters. The zero-order chi connectivity index (χ0) is 19.3. The molecule has 142 valence electrons. The molecule has 1 aromatic heterocycles. The van der Waals surface area contributed by atoms with Crippen LogP contribution in [0.1, 0.15) is 57.9 Å². The van der Waals surface area contributed by atoms with Crippen molar-refractivity contribution in [3.05, 3.63) is 30.0 Å². The minimum absolute atomic E-state index is 0.0160. The van der Waals surface area contributed by atoms with Crippen LogP contribution in [0.4, 0.5) is 5.69 Å². The zero-order valence-corrected chi connectivity index (χ0v) is 16.6. The number of hydrogen-bond donors (Lipinski definition) is 2. The highest BCUT2D eigenvalue weighted by molar-refractivity contribution is 6.00. The molecule has 2 amide bonds. The van der Waals surface area contributed by atoms with Crippen LogP contribution in [-0.2, 0) is 11.3 Å². The van der Waals surface area contributed by atoms with Crippen LogP contribution in [-0.4, -0.2) is 22.9 Å². The SMILES string of the molecule is CCCn1c(C(=O)NCC(C)C)cc2cc(NC(=O)CC(C)C)ccc21. The fraction of sp³-hybridized carbons (Fsp3) is 0.524. The molecule has 0 spiro atoms. The Morgan fingerprint density at radius 2 is 1.81 bits per heavy atom. The van der Waals surface area contributed by atoms with E-state index in [9.17, 15) is 9.59 Å². The molecule has 0 radical (unpaired) electrons. The summed E-state index contributed by atoms with van der Waals surface area (Å²) in [6, 6.07) is 7.75. The molecule has 2 rings (SSSR count). The summed E-state index contributed by atoms with van der Waals surface area (Å²) in [5.41, 5.74) is 2.46. The number of nitrogens with one attached hydrogen (secondary N) is 2. The first-order valence-corrected chi connectivity index (χ1v) is 9.53. The Morgan fingerprint density at radius 1 is 1.08 bits per heavy atom. The van der Waals surface area contributed by atoms with Gasteiger partial charge in [-0.05, 0) is 42.5 Å². The molecule has 1 heterocycles. The highest BCUT2D eigenvalue weighted by atomic mass is 16.2. The summed E-state index contributed by atoms with van der Waals surface area (Å²) in [4.78, 5) is 24.6. The average molecular weight is 357 g/mol. The molecular formula is C21H31N3O2. The van der Waals surface area contributed by atoms with E-state index in [4.69, 9.17) is 0 Å². The summed E-state index contributed by atoms with van der Waals surface area (Å²) in [6.45, 7) is 11.7. The monoisotopic (exact) mass is 357 g/mol. The van der Waals surface area contributed by atoms with Crippen LogP contribution in [0.2, 0.25) is 0 Å². The first-order valence-electron chi connectivity index (χ1n) is 9.53. The van der Waals surface area contributed by atoms with Crippen LogP contribution in [0.5, 0.6) is 0 Å². The molecule has 0 aliphatic rings. The molecule has 0 atom stereocenters. The summed E-state index contributed by atoms with van der Waals surface area (Å²) in [7, 11) is 0. The van der Waals surface area contributed by atoms with E-state index < -0.39 is 0 Å². The lowest BCUT2D eigenvalue weighted by Crippen LogP contribution is -2.29. The van der Waals surface area contributed by atoms with Gasteiger partial charge in [0.1, 0.15) is 5.69 Å². The Hall–Kier alpha value is -2.30. The largest absolute Gasteiger partial charge is 0.351 e. The number of carbonyl (C=O) groups excluding carboxylic acids is 2. The van der Waals surface area contributed by atoms with E-state index in [1.54, 1.807) is 0 Å². The van der Waals surface area contributed by atoms with Crippen molar-refractivity contribution in [2.24, 2.45) is 11.8 Å². The molecule has 0 bridgehead atoms. The zero-order valence-electron chi connectivity index (χ0n) is 16.6. The number of benzene rings is 1. The maximum atomic E-state index is 12.6. The fourth-order valence-corrected chi connectivity index (χ4v) is 2.97. The molecule has 5 nitrogen and oxygen atoms in total. The number of aryl methyl sites for hydroxylation is 1. The standard InChI is InChI=1S/C21H31N3O2/c1-6-9-24-18-8-7-17(23-20(25)10-14(2)3)11-16(18)12-19(24)21(26)22-13-15(4)5/h7-8,11-12,14-15H,6,9-10,13H2,1-5H3,(H,22,26)(H,23,25). The average Bonchev–Trinajstić information content (AvgIpc) is 2.90. The summed E-state index contributed by atoms with van der Waals surface area (Å²) < 4.78 is 2.06. The van der Waals surface area contributed by atoms with Crippen molar-refractivity contribution >= 4 is 28.4 Å². The Morgan fingerprint density at radius 3 is 2.42 bits per heavy atom. The topological polar surface area (TPSA) is 63.1 Å². The van der Waals surface area contributed by atoms with E-state index in [0.29, 0.717) is 30.5 Å². The Bertz CT molecular complexity index is 775. The molecule has 0 fully saturated rings. The lowest BCUT2D eigenvalue weighted by Gasteiger charge is -2.11. The van der Waals surface area contributed by atoms with Gasteiger partial charge in [-0.2, -0.15) is 0 Å². The summed E-state index contributed by atoms with van der Waals surface area (Å²) in [5.74, 6) is 0.697. The van der Waals surface area contributed by atoms with Crippen LogP contribution in [0.3, 0.4) is 0 Å². The first-order chi connectivity index (χ1) is 12.3. The van der Waals surface area contributed by atoms with Crippen molar-refractivity contribution in [3.63, 3.8) is 0 Å². The number of anilines is 1. The maximum Gasteiger partial charge on any atom is 0.267 e. The van der Waals surface area contributed by atoms with Crippen LogP contribution in [0, 0.1) is 11.8 Å². The molecule has 0 aliphatic carbocycles. The Labute approximate surface area is 156 Å². The van der Waals surface area contributed by atoms with E-state index in [-0.39, 0.29) is 11.8 Å². The molecule has 0 saturated heterocycles. The first kappa shape index (κ1) is 20.0. The normalized spacial score (nSPS) is 11.3. The number of carbonyl (C=O) groups is 2. The summed E-state index contributed by atoms with van der Waals surface area (Å²) in [6.07, 6.45) is 1.44. The quantitative estimate of drug-likeness (QED) is 0.734. The van der Waals surface area contributed by atoms with Crippen LogP contribution >= 0.6 is 0 Å². The molecule has 26 heavy (non-hydrogen) atoms. The van der Waals surface area contributed by atoms with Gasteiger partial charge in [-0.1, -0.05) is 34.6 Å². The molecular weight excluding hydrogens is 326 g/mol. The molecule has 0 aliphatic heterocycles. The fourth-order valence-electron chi connectivity index (χ4n) is 2.97. The predicted octanol–water partition coefficient (Wildman–Crippen LogP) is 4.42. The third-order valence-electron chi connectivity index (χ3n) is 4.13. The summed E-state index contributed by atoms with van der Waals surface area (Å²) in [5, 5.41) is 6.91. The minimum Gasteiger partial charge on any atom is -0.351 e. The van der Waals surface area contributed by atoms with Gasteiger partial charge in [0.05, 0.1) is 0 Å². The number of amides is 2. The smallest absolute Gasteiger partial charge is 0.267 e. The molecule has 2 aromatic rings. The van der Waals surface area contributed by atoms with E-state index >= 15 is 0 Å². The van der Waals surface area contributed by atoms with Gasteiger partial charge in [-0.3, -0.25) is 9.59 Å². The number of aromatic nitrogens is 1. The van der Waals surface area contributed by atoms with Gasteiger partial charge in [0.25, 0.3) is 5.91 Å². The number of fused-ring (bicyclic) bond motifs is 1. The van der Waals surface area contributed by atoms with Crippen molar-refractivity contribution in [1.29, 1.82) is 0 Å². The second-order valence-electron chi connectivity index (χ2n) is 7.70. The van der Waals surface area contributed by atoms with Crippen molar-refractivity contribution in [3.8, 4) is 0 Å².